The lowest BCUT2D eigenvalue weighted by molar-refractivity contribution is 0.332. The molecule has 3 aliphatic carbocycles. The fourth-order valence-corrected chi connectivity index (χ4v) is 15.9. The van der Waals surface area contributed by atoms with E-state index in [4.69, 9.17) is 4.42 Å². The molecule has 0 fully saturated rings. The molecule has 2 aromatic heterocycles. The van der Waals surface area contributed by atoms with Crippen molar-refractivity contribution in [3.8, 4) is 39.1 Å². The zero-order valence-electron chi connectivity index (χ0n) is 47.8. The summed E-state index contributed by atoms with van der Waals surface area (Å²) in [5, 5.41) is 5.06. The van der Waals surface area contributed by atoms with Crippen LogP contribution in [0.5, 0.6) is 0 Å². The lowest BCUT2D eigenvalue weighted by Crippen LogP contribution is -2.60. The number of hydrogen-bond donors (Lipinski definition) is 0. The molecule has 17 rings (SSSR count). The van der Waals surface area contributed by atoms with E-state index in [0.717, 1.165) is 58.3 Å². The predicted octanol–water partition coefficient (Wildman–Crippen LogP) is 18.9. The minimum Gasteiger partial charge on any atom is -0.456 e. The van der Waals surface area contributed by atoms with E-state index in [1.165, 1.54) is 122 Å². The van der Waals surface area contributed by atoms with Crippen molar-refractivity contribution < 1.29 is 4.42 Å². The first-order valence-electron chi connectivity index (χ1n) is 29.4. The van der Waals surface area contributed by atoms with E-state index in [2.05, 4.69) is 265 Å². The number of rotatable bonds is 4. The van der Waals surface area contributed by atoms with Gasteiger partial charge in [-0.05, 0) is 204 Å². The molecule has 0 N–H and O–H groups in total. The molecule has 0 saturated heterocycles. The minimum absolute atomic E-state index is 0.00763. The normalized spacial score (nSPS) is 16.3. The highest BCUT2D eigenvalue weighted by Crippen LogP contribution is 2.59. The third kappa shape index (κ3) is 6.33. The Kier molecular flexibility index (Phi) is 9.27. The van der Waals surface area contributed by atoms with Crippen molar-refractivity contribution in [3.05, 3.63) is 227 Å². The maximum absolute atomic E-state index is 6.97. The lowest BCUT2D eigenvalue weighted by atomic mass is 9.43. The van der Waals surface area contributed by atoms with Gasteiger partial charge >= 0.3 is 6.85 Å². The van der Waals surface area contributed by atoms with E-state index in [-0.39, 0.29) is 28.5 Å². The summed E-state index contributed by atoms with van der Waals surface area (Å²) in [6.45, 7) is 21.6. The molecular weight excluding hydrogens is 982 g/mol. The van der Waals surface area contributed by atoms with Crippen LogP contribution < -0.4 is 20.6 Å². The Morgan fingerprint density at radius 3 is 1.90 bits per heavy atom. The fraction of sp³-hybridized carbons (Fsp3) is 0.211. The maximum atomic E-state index is 6.97. The second-order valence-corrected chi connectivity index (χ2v) is 27.1. The average molecular weight is 1050 g/mol. The highest BCUT2D eigenvalue weighted by atomic mass is 16.3. The molecule has 4 nitrogen and oxygen atoms in total. The SMILES string of the molecule is CC(C)(C)c1ccc(N2B3c4cc5oc6ccccc6c5cc4-n4c5cc6c(cc5c5c7c(c(c3c54)-c3cc4c(cc32)C(C)(C)c2cc(N(c3ccccc3)c3ccccc3)ccc2-4)Cc2ccccc2-7)C(C)(C)CCC6(C)C)cc1. The Balaban J connectivity index is 1.02. The monoisotopic (exact) mass is 1050 g/mol. The van der Waals surface area contributed by atoms with Crippen LogP contribution in [-0.4, -0.2) is 11.4 Å². The Labute approximate surface area is 475 Å². The van der Waals surface area contributed by atoms with E-state index in [9.17, 15) is 0 Å². The van der Waals surface area contributed by atoms with Crippen LogP contribution in [0.3, 0.4) is 0 Å². The van der Waals surface area contributed by atoms with Gasteiger partial charge in [-0.3, -0.25) is 0 Å². The number of anilines is 5. The quantitative estimate of drug-likeness (QED) is 0.164. The van der Waals surface area contributed by atoms with Gasteiger partial charge in [0, 0.05) is 66.6 Å². The number of nitrogens with zero attached hydrogens (tertiary/aromatic N) is 3. The van der Waals surface area contributed by atoms with Crippen LogP contribution in [-0.2, 0) is 28.1 Å². The summed E-state index contributed by atoms with van der Waals surface area (Å²) in [4.78, 5) is 5.16. The lowest BCUT2D eigenvalue weighted by Gasteiger charge is -2.43. The average Bonchev–Trinajstić information content (AvgIpc) is 3.92. The van der Waals surface area contributed by atoms with E-state index in [0.29, 0.717) is 0 Å². The van der Waals surface area contributed by atoms with Crippen molar-refractivity contribution in [2.24, 2.45) is 0 Å². The summed E-state index contributed by atoms with van der Waals surface area (Å²) in [5.41, 5.74) is 32.0. The topological polar surface area (TPSA) is 24.6 Å². The van der Waals surface area contributed by atoms with E-state index in [1.54, 1.807) is 0 Å². The molecule has 0 unspecified atom stereocenters. The third-order valence-corrected chi connectivity index (χ3v) is 20.2. The van der Waals surface area contributed by atoms with Gasteiger partial charge in [-0.25, -0.2) is 0 Å². The fourth-order valence-electron chi connectivity index (χ4n) is 15.9. The number of fused-ring (bicyclic) bond motifs is 20. The van der Waals surface area contributed by atoms with Crippen molar-refractivity contribution in [3.63, 3.8) is 0 Å². The molecule has 0 radical (unpaired) electrons. The Morgan fingerprint density at radius 1 is 0.506 bits per heavy atom. The number of aromatic nitrogens is 1. The van der Waals surface area contributed by atoms with E-state index < -0.39 is 0 Å². The van der Waals surface area contributed by atoms with Gasteiger partial charge in [0.05, 0.1) is 11.0 Å². The Bertz CT molecular complexity index is 4700. The van der Waals surface area contributed by atoms with Crippen molar-refractivity contribution in [1.82, 2.24) is 4.57 Å². The number of furan rings is 1. The van der Waals surface area contributed by atoms with Crippen LogP contribution in [0.15, 0.2) is 192 Å². The Hall–Kier alpha value is -8.54. The van der Waals surface area contributed by atoms with Crippen LogP contribution in [0.1, 0.15) is 114 Å². The van der Waals surface area contributed by atoms with Crippen LogP contribution in [0.25, 0.3) is 82.8 Å². The van der Waals surface area contributed by atoms with Crippen molar-refractivity contribution in [2.75, 3.05) is 9.71 Å². The number of benzene rings is 10. The summed E-state index contributed by atoms with van der Waals surface area (Å²) in [7, 11) is 0. The molecule has 0 amide bonds. The number of hydrogen-bond acceptors (Lipinski definition) is 3. The molecule has 2 aliphatic heterocycles. The van der Waals surface area contributed by atoms with Gasteiger partial charge in [0.2, 0.25) is 0 Å². The van der Waals surface area contributed by atoms with Gasteiger partial charge in [-0.2, -0.15) is 0 Å². The summed E-state index contributed by atoms with van der Waals surface area (Å²) in [5.74, 6) is 0. The molecule has 0 spiro atoms. The Morgan fingerprint density at radius 2 is 1.17 bits per heavy atom. The van der Waals surface area contributed by atoms with Gasteiger partial charge in [0.25, 0.3) is 0 Å². The van der Waals surface area contributed by atoms with Crippen molar-refractivity contribution in [2.45, 2.75) is 103 Å². The second kappa shape index (κ2) is 15.9. The van der Waals surface area contributed by atoms with Crippen molar-refractivity contribution in [1.29, 1.82) is 0 Å². The van der Waals surface area contributed by atoms with Crippen LogP contribution in [0, 0.1) is 0 Å². The molecule has 4 heterocycles. The molecular formula is C76H64BN3O. The zero-order chi connectivity index (χ0) is 54.8. The first kappa shape index (κ1) is 47.3. The zero-order valence-corrected chi connectivity index (χ0v) is 47.8. The molecule has 12 aromatic rings. The van der Waals surface area contributed by atoms with Crippen LogP contribution >= 0.6 is 0 Å². The molecule has 392 valence electrons. The summed E-state index contributed by atoms with van der Waals surface area (Å²) < 4.78 is 9.71. The molecule has 0 atom stereocenters. The van der Waals surface area contributed by atoms with Gasteiger partial charge in [0.1, 0.15) is 11.2 Å². The highest BCUT2D eigenvalue weighted by molar-refractivity contribution is 6.94. The summed E-state index contributed by atoms with van der Waals surface area (Å²) >= 11 is 0. The van der Waals surface area contributed by atoms with Gasteiger partial charge in [-0.1, -0.05) is 159 Å². The first-order valence-corrected chi connectivity index (χ1v) is 29.4. The molecule has 10 aromatic carbocycles. The summed E-state index contributed by atoms with van der Waals surface area (Å²) in [6, 6.07) is 72.0. The highest BCUT2D eigenvalue weighted by Gasteiger charge is 2.50. The molecule has 0 bridgehead atoms. The molecule has 5 heteroatoms. The smallest absolute Gasteiger partial charge is 0.333 e. The second-order valence-electron chi connectivity index (χ2n) is 27.1. The summed E-state index contributed by atoms with van der Waals surface area (Å²) in [6.07, 6.45) is 3.19. The van der Waals surface area contributed by atoms with Crippen molar-refractivity contribution >= 4 is 90.0 Å². The maximum Gasteiger partial charge on any atom is 0.333 e. The van der Waals surface area contributed by atoms with E-state index in [1.807, 2.05) is 0 Å². The van der Waals surface area contributed by atoms with E-state index >= 15 is 0 Å². The first-order chi connectivity index (χ1) is 39.0. The van der Waals surface area contributed by atoms with Gasteiger partial charge in [-0.15, -0.1) is 0 Å². The minimum atomic E-state index is -0.322. The standard InChI is InChI=1S/C76H64BN3O/c1-73(2,3)45-28-30-48(31-29-45)80-64-41-59-53(51-33-32-49(37-58(51)76(59,8)9)78(46-21-12-10-13-22-46)47-23-14-11-15-24-47)38-55(64)69-57-36-44-20-16-17-25-50(44)68(57)70-56-39-60-61(75(6,7)35-34-74(60,4)5)42-63(56)79-65-40-54-52-26-18-19-27-66(52)81-67(54)43-62(65)77(80)71(69)72(70)79/h10-33,37-43H,34-36H2,1-9H3. The predicted molar refractivity (Wildman–Crippen MR) is 342 cm³/mol. The van der Waals surface area contributed by atoms with Gasteiger partial charge < -0.3 is 18.7 Å². The molecule has 5 aliphatic rings. The van der Waals surface area contributed by atoms with Crippen LogP contribution in [0.4, 0.5) is 28.4 Å². The third-order valence-electron chi connectivity index (χ3n) is 20.2. The van der Waals surface area contributed by atoms with Crippen LogP contribution in [0.2, 0.25) is 0 Å². The van der Waals surface area contributed by atoms with Gasteiger partial charge in [0.15, 0.2) is 0 Å². The molecule has 81 heavy (non-hydrogen) atoms. The largest absolute Gasteiger partial charge is 0.456 e. The number of para-hydroxylation sites is 3. The molecule has 0 saturated carbocycles.